The average Bonchev–Trinajstić information content (AvgIpc) is 2.35. The highest BCUT2D eigenvalue weighted by atomic mass is 31.2. The van der Waals surface area contributed by atoms with Gasteiger partial charge in [-0.05, 0) is 13.3 Å². The van der Waals surface area contributed by atoms with E-state index in [2.05, 4.69) is 11.9 Å². The Hall–Kier alpha value is -1.21. The molecule has 1 amide bonds. The van der Waals surface area contributed by atoms with E-state index in [1.54, 1.807) is 6.92 Å². The summed E-state index contributed by atoms with van der Waals surface area (Å²) in [6.07, 6.45) is -0.111. The molecule has 0 atom stereocenters. The molecule has 0 rings (SSSR count). The number of esters is 1. The molecule has 0 bridgehead atoms. The molecule has 21 heavy (non-hydrogen) atoms. The number of carbonyl (C=O) groups excluding carboxylic acids is 2. The predicted octanol–water partition coefficient (Wildman–Crippen LogP) is 0.196. The molecule has 0 aromatic heterocycles. The lowest BCUT2D eigenvalue weighted by Gasteiger charge is -2.07. The lowest BCUT2D eigenvalue weighted by molar-refractivity contribution is -0.140. The van der Waals surface area contributed by atoms with Gasteiger partial charge in [0.1, 0.15) is 6.61 Å². The minimum absolute atomic E-state index is 0.0569. The lowest BCUT2D eigenvalue weighted by atomic mass is 10.3. The van der Waals surface area contributed by atoms with Crippen LogP contribution in [0.15, 0.2) is 12.2 Å². The number of nitrogens with one attached hydrogen (secondary N) is 1. The number of hydrogen-bond donors (Lipinski definition) is 3. The predicted molar refractivity (Wildman–Crippen MR) is 75.7 cm³/mol. The van der Waals surface area contributed by atoms with Gasteiger partial charge in [0, 0.05) is 18.5 Å². The van der Waals surface area contributed by atoms with Crippen molar-refractivity contribution < 1.29 is 33.4 Å². The second-order valence-corrected chi connectivity index (χ2v) is 6.15. The van der Waals surface area contributed by atoms with Crippen molar-refractivity contribution in [1.82, 2.24) is 5.32 Å². The van der Waals surface area contributed by atoms with Crippen LogP contribution in [-0.2, 0) is 23.6 Å². The summed E-state index contributed by atoms with van der Waals surface area (Å²) in [4.78, 5) is 39.5. The van der Waals surface area contributed by atoms with E-state index in [1.165, 1.54) is 0 Å². The summed E-state index contributed by atoms with van der Waals surface area (Å²) in [6, 6.07) is 0. The number of hydrogen-bond acceptors (Lipinski definition) is 5. The molecule has 0 saturated heterocycles. The van der Waals surface area contributed by atoms with Gasteiger partial charge in [0.25, 0.3) is 0 Å². The van der Waals surface area contributed by atoms with E-state index in [-0.39, 0.29) is 51.3 Å². The third kappa shape index (κ3) is 13.5. The molecule has 3 N–H and O–H groups in total. The molecule has 0 saturated carbocycles. The third-order valence-corrected chi connectivity index (χ3v) is 3.13. The Balaban J connectivity index is 3.42. The van der Waals surface area contributed by atoms with Gasteiger partial charge in [0.05, 0.1) is 19.4 Å². The maximum atomic E-state index is 11.3. The first-order valence-corrected chi connectivity index (χ1v) is 8.24. The standard InChI is InChI=1S/C12H22NO7P/c1-10(2)12(15)20-8-7-19-6-5-13-11(14)4-3-9-21(16,17)18/h1,3-9H2,2H3,(H,13,14)(H2,16,17,18). The van der Waals surface area contributed by atoms with Crippen LogP contribution in [0.3, 0.4) is 0 Å². The molecule has 0 heterocycles. The van der Waals surface area contributed by atoms with E-state index >= 15 is 0 Å². The van der Waals surface area contributed by atoms with Gasteiger partial charge in [0.2, 0.25) is 5.91 Å². The zero-order valence-corrected chi connectivity index (χ0v) is 12.9. The summed E-state index contributed by atoms with van der Waals surface area (Å²) in [7, 11) is -4.03. The van der Waals surface area contributed by atoms with Gasteiger partial charge in [-0.2, -0.15) is 0 Å². The average molecular weight is 323 g/mol. The highest BCUT2D eigenvalue weighted by Gasteiger charge is 2.13. The fraction of sp³-hybridized carbons (Fsp3) is 0.667. The number of carbonyl (C=O) groups is 2. The molecule has 0 aliphatic carbocycles. The molecule has 0 aliphatic rings. The Kier molecular flexibility index (Phi) is 9.90. The van der Waals surface area contributed by atoms with Crippen LogP contribution in [0.4, 0.5) is 0 Å². The summed E-state index contributed by atoms with van der Waals surface area (Å²) in [6.45, 7) is 5.85. The van der Waals surface area contributed by atoms with Crippen molar-refractivity contribution in [2.24, 2.45) is 0 Å². The zero-order chi connectivity index (χ0) is 16.3. The first-order valence-electron chi connectivity index (χ1n) is 6.44. The Morgan fingerprint density at radius 1 is 1.24 bits per heavy atom. The van der Waals surface area contributed by atoms with E-state index in [0.717, 1.165) is 0 Å². The van der Waals surface area contributed by atoms with Gasteiger partial charge in [0.15, 0.2) is 0 Å². The number of rotatable bonds is 11. The van der Waals surface area contributed by atoms with Crippen LogP contribution in [0.1, 0.15) is 19.8 Å². The molecule has 122 valence electrons. The maximum absolute atomic E-state index is 11.3. The van der Waals surface area contributed by atoms with Crippen molar-refractivity contribution in [1.29, 1.82) is 0 Å². The second-order valence-electron chi connectivity index (χ2n) is 4.37. The molecule has 0 spiro atoms. The minimum Gasteiger partial charge on any atom is -0.460 e. The van der Waals surface area contributed by atoms with E-state index in [9.17, 15) is 14.2 Å². The van der Waals surface area contributed by atoms with Crippen LogP contribution in [0.2, 0.25) is 0 Å². The van der Waals surface area contributed by atoms with Gasteiger partial charge in [-0.15, -0.1) is 0 Å². The molecular formula is C12H22NO7P. The number of amides is 1. The van der Waals surface area contributed by atoms with Crippen molar-refractivity contribution in [3.05, 3.63) is 12.2 Å². The minimum atomic E-state index is -4.03. The van der Waals surface area contributed by atoms with E-state index in [4.69, 9.17) is 19.3 Å². The van der Waals surface area contributed by atoms with Crippen molar-refractivity contribution in [2.45, 2.75) is 19.8 Å². The molecule has 0 aromatic rings. The Morgan fingerprint density at radius 2 is 1.90 bits per heavy atom. The van der Waals surface area contributed by atoms with Crippen molar-refractivity contribution >= 4 is 19.5 Å². The summed E-state index contributed by atoms with van der Waals surface area (Å²) >= 11 is 0. The summed E-state index contributed by atoms with van der Waals surface area (Å²) in [5.74, 6) is -0.766. The summed E-state index contributed by atoms with van der Waals surface area (Å²) in [5, 5.41) is 2.55. The zero-order valence-electron chi connectivity index (χ0n) is 12.0. The second kappa shape index (κ2) is 10.5. The summed E-state index contributed by atoms with van der Waals surface area (Å²) < 4.78 is 20.5. The fourth-order valence-electron chi connectivity index (χ4n) is 1.22. The maximum Gasteiger partial charge on any atom is 0.333 e. The molecule has 0 aliphatic heterocycles. The van der Waals surface area contributed by atoms with Gasteiger partial charge < -0.3 is 24.6 Å². The highest BCUT2D eigenvalue weighted by Crippen LogP contribution is 2.35. The molecule has 9 heteroatoms. The Bertz CT molecular complexity index is 404. The molecule has 0 unspecified atom stereocenters. The normalized spacial score (nSPS) is 11.0. The van der Waals surface area contributed by atoms with Crippen LogP contribution in [0.25, 0.3) is 0 Å². The topological polar surface area (TPSA) is 122 Å². The van der Waals surface area contributed by atoms with E-state index < -0.39 is 13.6 Å². The van der Waals surface area contributed by atoms with Gasteiger partial charge in [-0.1, -0.05) is 6.58 Å². The molecule has 0 radical (unpaired) electrons. The molecule has 8 nitrogen and oxygen atoms in total. The van der Waals surface area contributed by atoms with Crippen molar-refractivity contribution in [3.63, 3.8) is 0 Å². The highest BCUT2D eigenvalue weighted by molar-refractivity contribution is 7.51. The van der Waals surface area contributed by atoms with Crippen LogP contribution in [-0.4, -0.2) is 54.2 Å². The van der Waals surface area contributed by atoms with Crippen LogP contribution >= 0.6 is 7.60 Å². The molecular weight excluding hydrogens is 301 g/mol. The first kappa shape index (κ1) is 19.8. The van der Waals surface area contributed by atoms with Gasteiger partial charge >= 0.3 is 13.6 Å². The SMILES string of the molecule is C=C(C)C(=O)OCCOCCNC(=O)CCCP(=O)(O)O. The number of ether oxygens (including phenoxy) is 2. The van der Waals surface area contributed by atoms with Crippen LogP contribution < -0.4 is 5.32 Å². The van der Waals surface area contributed by atoms with Crippen molar-refractivity contribution in [3.8, 4) is 0 Å². The van der Waals surface area contributed by atoms with Gasteiger partial charge in [-0.25, -0.2) is 4.79 Å². The third-order valence-electron chi connectivity index (χ3n) is 2.23. The quantitative estimate of drug-likeness (QED) is 0.215. The van der Waals surface area contributed by atoms with E-state index in [1.807, 2.05) is 0 Å². The Morgan fingerprint density at radius 3 is 2.48 bits per heavy atom. The summed E-state index contributed by atoms with van der Waals surface area (Å²) in [5.41, 5.74) is 0.317. The fourth-order valence-corrected chi connectivity index (χ4v) is 1.79. The van der Waals surface area contributed by atoms with Crippen LogP contribution in [0.5, 0.6) is 0 Å². The molecule has 0 fully saturated rings. The lowest BCUT2D eigenvalue weighted by Crippen LogP contribution is -2.27. The van der Waals surface area contributed by atoms with Crippen LogP contribution in [0, 0.1) is 0 Å². The monoisotopic (exact) mass is 323 g/mol. The first-order chi connectivity index (χ1) is 9.72. The van der Waals surface area contributed by atoms with Crippen molar-refractivity contribution in [2.75, 3.05) is 32.5 Å². The largest absolute Gasteiger partial charge is 0.460 e. The Labute approximate surface area is 123 Å². The molecule has 0 aromatic carbocycles. The smallest absolute Gasteiger partial charge is 0.333 e. The van der Waals surface area contributed by atoms with Gasteiger partial charge in [-0.3, -0.25) is 9.36 Å². The van der Waals surface area contributed by atoms with E-state index in [0.29, 0.717) is 5.57 Å².